The lowest BCUT2D eigenvalue weighted by Gasteiger charge is -2.25. The lowest BCUT2D eigenvalue weighted by molar-refractivity contribution is 0.301. The number of fused-ring (bicyclic) bond motifs is 1. The third-order valence-corrected chi connectivity index (χ3v) is 4.24. The average molecular weight is 285 g/mol. The highest BCUT2D eigenvalue weighted by molar-refractivity contribution is 5.44. The van der Waals surface area contributed by atoms with E-state index in [0.29, 0.717) is 6.61 Å². The van der Waals surface area contributed by atoms with Crippen LogP contribution in [0.1, 0.15) is 34.2 Å². The molecular weight excluding hydrogens is 265 g/mol. The van der Waals surface area contributed by atoms with Crippen LogP contribution in [0.3, 0.4) is 0 Å². The maximum atomic E-state index is 14.5. The molecule has 2 nitrogen and oxygen atoms in total. The molecule has 0 amide bonds. The van der Waals surface area contributed by atoms with E-state index in [4.69, 9.17) is 4.74 Å². The molecule has 1 aliphatic rings. The van der Waals surface area contributed by atoms with E-state index in [1.165, 1.54) is 0 Å². The van der Waals surface area contributed by atoms with Crippen LogP contribution in [0, 0.1) is 19.7 Å². The minimum atomic E-state index is -0.142. The second-order valence-electron chi connectivity index (χ2n) is 5.70. The normalized spacial score (nSPS) is 18.2. The topological polar surface area (TPSA) is 21.3 Å². The molecule has 110 valence electrons. The van der Waals surface area contributed by atoms with Crippen molar-refractivity contribution in [1.82, 2.24) is 5.32 Å². The van der Waals surface area contributed by atoms with E-state index in [2.05, 4.69) is 11.4 Å². The van der Waals surface area contributed by atoms with E-state index in [1.54, 1.807) is 6.07 Å². The third-order valence-electron chi connectivity index (χ3n) is 4.24. The van der Waals surface area contributed by atoms with Crippen molar-refractivity contribution >= 4 is 0 Å². The third kappa shape index (κ3) is 2.42. The Bertz CT molecular complexity index is 645. The number of halogens is 1. The number of hydrogen-bond donors (Lipinski definition) is 1. The summed E-state index contributed by atoms with van der Waals surface area (Å²) in [6.45, 7) is 4.47. The largest absolute Gasteiger partial charge is 0.493 e. The van der Waals surface area contributed by atoms with Crippen molar-refractivity contribution in [3.05, 3.63) is 64.5 Å². The minimum absolute atomic E-state index is 0.0887. The summed E-state index contributed by atoms with van der Waals surface area (Å²) in [5, 5.41) is 3.28. The Morgan fingerprint density at radius 3 is 2.71 bits per heavy atom. The zero-order valence-corrected chi connectivity index (χ0v) is 12.6. The monoisotopic (exact) mass is 285 g/mol. The summed E-state index contributed by atoms with van der Waals surface area (Å²) in [6.07, 6.45) is 0. The first kappa shape index (κ1) is 14.1. The van der Waals surface area contributed by atoms with Crippen molar-refractivity contribution in [3.8, 4) is 5.75 Å². The van der Waals surface area contributed by atoms with Crippen molar-refractivity contribution in [2.24, 2.45) is 0 Å². The molecule has 0 aromatic heterocycles. The Morgan fingerprint density at radius 2 is 2.00 bits per heavy atom. The summed E-state index contributed by atoms with van der Waals surface area (Å²) in [6, 6.07) is 11.6. The van der Waals surface area contributed by atoms with Crippen molar-refractivity contribution in [2.75, 3.05) is 13.7 Å². The molecular formula is C18H20FNO. The second kappa shape index (κ2) is 5.49. The zero-order chi connectivity index (χ0) is 15.0. The molecule has 21 heavy (non-hydrogen) atoms. The van der Waals surface area contributed by atoms with Gasteiger partial charge >= 0.3 is 0 Å². The highest BCUT2D eigenvalue weighted by Gasteiger charge is 2.33. The highest BCUT2D eigenvalue weighted by Crippen LogP contribution is 2.42. The summed E-state index contributed by atoms with van der Waals surface area (Å²) in [7, 11) is 1.88. The van der Waals surface area contributed by atoms with Gasteiger partial charge in [0, 0.05) is 23.1 Å². The van der Waals surface area contributed by atoms with Gasteiger partial charge in [0.2, 0.25) is 0 Å². The highest BCUT2D eigenvalue weighted by atomic mass is 19.1. The lowest BCUT2D eigenvalue weighted by Crippen LogP contribution is -2.26. The predicted molar refractivity (Wildman–Crippen MR) is 82.4 cm³/mol. The van der Waals surface area contributed by atoms with Crippen molar-refractivity contribution in [3.63, 3.8) is 0 Å². The van der Waals surface area contributed by atoms with Gasteiger partial charge in [-0.3, -0.25) is 0 Å². The quantitative estimate of drug-likeness (QED) is 0.924. The molecule has 1 heterocycles. The van der Waals surface area contributed by atoms with Crippen LogP contribution < -0.4 is 10.1 Å². The van der Waals surface area contributed by atoms with Crippen molar-refractivity contribution in [1.29, 1.82) is 0 Å². The number of nitrogens with one attached hydrogen (secondary N) is 1. The molecule has 0 saturated heterocycles. The fraction of sp³-hybridized carbons (Fsp3) is 0.333. The SMILES string of the molecule is CNC(c1c(C)cc(C)cc1F)C1COc2ccccc21. The summed E-state index contributed by atoms with van der Waals surface area (Å²) in [5.74, 6) is 0.895. The molecule has 0 saturated carbocycles. The van der Waals surface area contributed by atoms with Gasteiger partial charge in [0.1, 0.15) is 11.6 Å². The smallest absolute Gasteiger partial charge is 0.128 e. The fourth-order valence-electron chi connectivity index (χ4n) is 3.33. The lowest BCUT2D eigenvalue weighted by atomic mass is 9.86. The summed E-state index contributed by atoms with van der Waals surface area (Å²) < 4.78 is 20.3. The maximum Gasteiger partial charge on any atom is 0.128 e. The van der Waals surface area contributed by atoms with Crippen LogP contribution in [0.25, 0.3) is 0 Å². The van der Waals surface area contributed by atoms with Gasteiger partial charge in [0.25, 0.3) is 0 Å². The number of ether oxygens (including phenoxy) is 1. The summed E-state index contributed by atoms with van der Waals surface area (Å²) in [4.78, 5) is 0. The van der Waals surface area contributed by atoms with Crippen LogP contribution in [-0.4, -0.2) is 13.7 Å². The van der Waals surface area contributed by atoms with Gasteiger partial charge in [-0.1, -0.05) is 24.3 Å². The van der Waals surface area contributed by atoms with Crippen LogP contribution in [0.2, 0.25) is 0 Å². The molecule has 0 bridgehead atoms. The molecule has 3 heteroatoms. The van der Waals surface area contributed by atoms with Gasteiger partial charge in [0.05, 0.1) is 6.61 Å². The Hall–Kier alpha value is -1.87. The molecule has 2 aromatic carbocycles. The summed E-state index contributed by atoms with van der Waals surface area (Å²) >= 11 is 0. The van der Waals surface area contributed by atoms with Crippen molar-refractivity contribution < 1.29 is 9.13 Å². The van der Waals surface area contributed by atoms with Crippen LogP contribution >= 0.6 is 0 Å². The van der Waals surface area contributed by atoms with Gasteiger partial charge in [-0.25, -0.2) is 4.39 Å². The molecule has 2 atom stereocenters. The van der Waals surface area contributed by atoms with Gasteiger partial charge in [0.15, 0.2) is 0 Å². The standard InChI is InChI=1S/C18H20FNO/c1-11-8-12(2)17(15(19)9-11)18(20-3)14-10-21-16-7-5-4-6-13(14)16/h4-9,14,18,20H,10H2,1-3H3. The van der Waals surface area contributed by atoms with Crippen LogP contribution in [0.15, 0.2) is 36.4 Å². The number of rotatable bonds is 3. The molecule has 1 aliphatic heterocycles. The molecule has 2 unspecified atom stereocenters. The van der Waals surface area contributed by atoms with Crippen LogP contribution in [-0.2, 0) is 0 Å². The first-order chi connectivity index (χ1) is 10.1. The Balaban J connectivity index is 2.05. The van der Waals surface area contributed by atoms with Gasteiger partial charge in [-0.15, -0.1) is 0 Å². The number of likely N-dealkylation sites (N-methyl/N-ethyl adjacent to an activating group) is 1. The molecule has 0 aliphatic carbocycles. The Kier molecular flexibility index (Phi) is 3.68. The van der Waals surface area contributed by atoms with E-state index in [0.717, 1.165) is 28.0 Å². The van der Waals surface area contributed by atoms with Gasteiger partial charge < -0.3 is 10.1 Å². The molecule has 2 aromatic rings. The predicted octanol–water partition coefficient (Wildman–Crippen LogP) is 3.88. The zero-order valence-electron chi connectivity index (χ0n) is 12.6. The van der Waals surface area contributed by atoms with E-state index < -0.39 is 0 Å². The summed E-state index contributed by atoms with van der Waals surface area (Å²) in [5.41, 5.74) is 3.83. The molecule has 3 rings (SSSR count). The molecule has 0 radical (unpaired) electrons. The fourth-order valence-corrected chi connectivity index (χ4v) is 3.33. The van der Waals surface area contributed by atoms with E-state index >= 15 is 0 Å². The second-order valence-corrected chi connectivity index (χ2v) is 5.70. The number of benzene rings is 2. The Morgan fingerprint density at radius 1 is 1.24 bits per heavy atom. The van der Waals surface area contributed by atoms with E-state index in [1.807, 2.05) is 45.2 Å². The first-order valence-corrected chi connectivity index (χ1v) is 7.27. The van der Waals surface area contributed by atoms with Crippen molar-refractivity contribution in [2.45, 2.75) is 25.8 Å². The number of aryl methyl sites for hydroxylation is 2. The van der Waals surface area contributed by atoms with E-state index in [-0.39, 0.29) is 17.8 Å². The number of para-hydroxylation sites is 1. The van der Waals surface area contributed by atoms with Gasteiger partial charge in [-0.2, -0.15) is 0 Å². The van der Waals surface area contributed by atoms with Crippen LogP contribution in [0.4, 0.5) is 4.39 Å². The first-order valence-electron chi connectivity index (χ1n) is 7.27. The average Bonchev–Trinajstić information content (AvgIpc) is 2.86. The van der Waals surface area contributed by atoms with Crippen LogP contribution in [0.5, 0.6) is 5.75 Å². The number of hydrogen-bond acceptors (Lipinski definition) is 2. The molecule has 0 fully saturated rings. The van der Waals surface area contributed by atoms with Gasteiger partial charge in [-0.05, 0) is 44.2 Å². The molecule has 1 N–H and O–H groups in total. The molecule has 0 spiro atoms. The van der Waals surface area contributed by atoms with E-state index in [9.17, 15) is 4.39 Å². The maximum absolute atomic E-state index is 14.5. The minimum Gasteiger partial charge on any atom is -0.493 e. The Labute approximate surface area is 125 Å².